The van der Waals surface area contributed by atoms with Gasteiger partial charge in [-0.2, -0.15) is 5.10 Å². The Bertz CT molecular complexity index is 370. The first-order valence-corrected chi connectivity index (χ1v) is 5.88. The summed E-state index contributed by atoms with van der Waals surface area (Å²) in [7, 11) is 0. The normalized spacial score (nSPS) is 17.4. The smallest absolute Gasteiger partial charge is 0.148 e. The Morgan fingerprint density at radius 1 is 1.62 bits per heavy atom. The van der Waals surface area contributed by atoms with Gasteiger partial charge in [-0.1, -0.05) is 0 Å². The summed E-state index contributed by atoms with van der Waals surface area (Å²) in [6.45, 7) is 5.25. The van der Waals surface area contributed by atoms with Crippen molar-refractivity contribution in [3.05, 3.63) is 5.69 Å². The maximum absolute atomic E-state index is 9.78. The largest absolute Gasteiger partial charge is 0.394 e. The molecule has 1 aromatic heterocycles. The van der Waals surface area contributed by atoms with Crippen LogP contribution in [0.15, 0.2) is 0 Å². The molecule has 2 rings (SSSR count). The molecule has 1 unspecified atom stereocenters. The SMILES string of the molecule is CCn1nc(C)c(N)c1NCC(O)C1CC1. The van der Waals surface area contributed by atoms with Gasteiger partial charge in [0.05, 0.1) is 17.5 Å². The molecule has 1 heterocycles. The minimum Gasteiger partial charge on any atom is -0.394 e. The highest BCUT2D eigenvalue weighted by Gasteiger charge is 2.29. The van der Waals surface area contributed by atoms with Crippen LogP contribution in [0.3, 0.4) is 0 Å². The lowest BCUT2D eigenvalue weighted by molar-refractivity contribution is 0.164. The third-order valence-electron chi connectivity index (χ3n) is 3.12. The van der Waals surface area contributed by atoms with Crippen LogP contribution < -0.4 is 11.1 Å². The summed E-state index contributed by atoms with van der Waals surface area (Å²) in [6, 6.07) is 0. The molecule has 4 N–H and O–H groups in total. The van der Waals surface area contributed by atoms with Crippen LogP contribution in [-0.4, -0.2) is 27.5 Å². The van der Waals surface area contributed by atoms with E-state index < -0.39 is 0 Å². The highest BCUT2D eigenvalue weighted by molar-refractivity contribution is 5.64. The van der Waals surface area contributed by atoms with Gasteiger partial charge in [0.1, 0.15) is 5.82 Å². The molecule has 5 heteroatoms. The van der Waals surface area contributed by atoms with Gasteiger partial charge in [0.2, 0.25) is 0 Å². The topological polar surface area (TPSA) is 76.1 Å². The van der Waals surface area contributed by atoms with Gasteiger partial charge in [0.25, 0.3) is 0 Å². The van der Waals surface area contributed by atoms with Crippen molar-refractivity contribution in [2.75, 3.05) is 17.6 Å². The number of hydrogen-bond donors (Lipinski definition) is 3. The van der Waals surface area contributed by atoms with E-state index >= 15 is 0 Å². The molecule has 90 valence electrons. The predicted molar refractivity (Wildman–Crippen MR) is 64.3 cm³/mol. The van der Waals surface area contributed by atoms with E-state index in [-0.39, 0.29) is 6.10 Å². The second-order valence-corrected chi connectivity index (χ2v) is 4.45. The van der Waals surface area contributed by atoms with E-state index in [9.17, 15) is 5.11 Å². The Morgan fingerprint density at radius 2 is 2.31 bits per heavy atom. The Labute approximate surface area is 95.6 Å². The standard InChI is InChI=1S/C11H20N4O/c1-3-15-11(10(12)7(2)14-15)13-6-9(16)8-4-5-8/h8-9,13,16H,3-6,12H2,1-2H3. The van der Waals surface area contributed by atoms with Gasteiger partial charge in [-0.15, -0.1) is 0 Å². The number of aliphatic hydroxyl groups excluding tert-OH is 1. The van der Waals surface area contributed by atoms with Gasteiger partial charge >= 0.3 is 0 Å². The first-order chi connectivity index (χ1) is 7.63. The van der Waals surface area contributed by atoms with Crippen LogP contribution >= 0.6 is 0 Å². The van der Waals surface area contributed by atoms with Gasteiger partial charge in [-0.3, -0.25) is 0 Å². The van der Waals surface area contributed by atoms with Crippen LogP contribution in [0, 0.1) is 12.8 Å². The number of aliphatic hydroxyl groups is 1. The summed E-state index contributed by atoms with van der Waals surface area (Å²) >= 11 is 0. The molecule has 16 heavy (non-hydrogen) atoms. The number of nitrogens with zero attached hydrogens (tertiary/aromatic N) is 2. The van der Waals surface area contributed by atoms with Crippen LogP contribution in [-0.2, 0) is 6.54 Å². The maximum Gasteiger partial charge on any atom is 0.148 e. The molecule has 1 fully saturated rings. The van der Waals surface area contributed by atoms with Crippen LogP contribution in [0.4, 0.5) is 11.5 Å². The summed E-state index contributed by atoms with van der Waals surface area (Å²) in [5, 5.41) is 17.3. The minimum absolute atomic E-state index is 0.264. The lowest BCUT2D eigenvalue weighted by Crippen LogP contribution is -2.23. The van der Waals surface area contributed by atoms with Crippen LogP contribution in [0.5, 0.6) is 0 Å². The third-order valence-corrected chi connectivity index (χ3v) is 3.12. The summed E-state index contributed by atoms with van der Waals surface area (Å²) in [4.78, 5) is 0. The Hall–Kier alpha value is -1.23. The van der Waals surface area contributed by atoms with E-state index in [1.54, 1.807) is 0 Å². The summed E-state index contributed by atoms with van der Waals surface area (Å²) < 4.78 is 1.84. The summed E-state index contributed by atoms with van der Waals surface area (Å²) in [5.74, 6) is 1.31. The Balaban J connectivity index is 2.01. The molecule has 0 bridgehead atoms. The molecule has 0 radical (unpaired) electrons. The molecule has 0 aliphatic heterocycles. The highest BCUT2D eigenvalue weighted by atomic mass is 16.3. The number of aromatic nitrogens is 2. The molecule has 0 spiro atoms. The van der Waals surface area contributed by atoms with Gasteiger partial charge in [0.15, 0.2) is 0 Å². The van der Waals surface area contributed by atoms with Crippen LogP contribution in [0.25, 0.3) is 0 Å². The van der Waals surface area contributed by atoms with Crippen molar-refractivity contribution in [1.29, 1.82) is 0 Å². The van der Waals surface area contributed by atoms with Crippen molar-refractivity contribution in [3.63, 3.8) is 0 Å². The molecule has 1 aliphatic carbocycles. The lowest BCUT2D eigenvalue weighted by Gasteiger charge is -2.13. The number of rotatable bonds is 5. The summed E-state index contributed by atoms with van der Waals surface area (Å²) in [6.07, 6.45) is 2.02. The third kappa shape index (κ3) is 2.14. The molecule has 5 nitrogen and oxygen atoms in total. The van der Waals surface area contributed by atoms with Crippen molar-refractivity contribution < 1.29 is 5.11 Å². The van der Waals surface area contributed by atoms with E-state index in [4.69, 9.17) is 5.73 Å². The molecule has 1 saturated carbocycles. The van der Waals surface area contributed by atoms with Gasteiger partial charge in [-0.25, -0.2) is 4.68 Å². The zero-order chi connectivity index (χ0) is 11.7. The monoisotopic (exact) mass is 224 g/mol. The minimum atomic E-state index is -0.264. The zero-order valence-electron chi connectivity index (χ0n) is 9.90. The van der Waals surface area contributed by atoms with Crippen LogP contribution in [0.2, 0.25) is 0 Å². The molecular weight excluding hydrogens is 204 g/mol. The fourth-order valence-electron chi connectivity index (χ4n) is 1.86. The predicted octanol–water partition coefficient (Wildman–Crippen LogP) is 0.976. The van der Waals surface area contributed by atoms with E-state index in [1.807, 2.05) is 18.5 Å². The molecule has 0 amide bonds. The molecule has 1 aromatic rings. The van der Waals surface area contributed by atoms with E-state index in [0.717, 1.165) is 30.9 Å². The fourth-order valence-corrected chi connectivity index (χ4v) is 1.86. The number of aryl methyl sites for hydroxylation is 2. The van der Waals surface area contributed by atoms with Crippen molar-refractivity contribution in [1.82, 2.24) is 9.78 Å². The quantitative estimate of drug-likeness (QED) is 0.696. The van der Waals surface area contributed by atoms with Gasteiger partial charge < -0.3 is 16.2 Å². The van der Waals surface area contributed by atoms with Crippen molar-refractivity contribution in [3.8, 4) is 0 Å². The molecule has 1 atom stereocenters. The summed E-state index contributed by atoms with van der Waals surface area (Å²) in [5.41, 5.74) is 7.45. The van der Waals surface area contributed by atoms with E-state index in [1.165, 1.54) is 0 Å². The zero-order valence-corrected chi connectivity index (χ0v) is 9.90. The van der Waals surface area contributed by atoms with Crippen molar-refractivity contribution in [2.45, 2.75) is 39.3 Å². The van der Waals surface area contributed by atoms with Gasteiger partial charge in [-0.05, 0) is 32.6 Å². The number of hydrogen-bond acceptors (Lipinski definition) is 4. The molecule has 0 aromatic carbocycles. The van der Waals surface area contributed by atoms with Gasteiger partial charge in [0, 0.05) is 13.1 Å². The van der Waals surface area contributed by atoms with Crippen LogP contribution in [0.1, 0.15) is 25.5 Å². The number of nitrogens with one attached hydrogen (secondary N) is 1. The fraction of sp³-hybridized carbons (Fsp3) is 0.727. The second kappa shape index (κ2) is 4.33. The second-order valence-electron chi connectivity index (χ2n) is 4.45. The number of nitrogen functional groups attached to an aromatic ring is 1. The lowest BCUT2D eigenvalue weighted by atomic mass is 10.2. The highest BCUT2D eigenvalue weighted by Crippen LogP contribution is 2.33. The van der Waals surface area contributed by atoms with Crippen molar-refractivity contribution in [2.24, 2.45) is 5.92 Å². The first-order valence-electron chi connectivity index (χ1n) is 5.88. The number of nitrogens with two attached hydrogens (primary N) is 1. The maximum atomic E-state index is 9.78. The van der Waals surface area contributed by atoms with E-state index in [0.29, 0.717) is 18.2 Å². The number of anilines is 2. The molecule has 0 saturated heterocycles. The Kier molecular flexibility index (Phi) is 3.05. The van der Waals surface area contributed by atoms with E-state index in [2.05, 4.69) is 10.4 Å². The molecule has 1 aliphatic rings. The molecular formula is C11H20N4O. The average Bonchev–Trinajstić information content (AvgIpc) is 3.06. The Morgan fingerprint density at radius 3 is 2.88 bits per heavy atom. The average molecular weight is 224 g/mol. The first kappa shape index (κ1) is 11.3. The van der Waals surface area contributed by atoms with Crippen molar-refractivity contribution >= 4 is 11.5 Å².